The third-order valence-corrected chi connectivity index (χ3v) is 5.49. The van der Waals surface area contributed by atoms with E-state index in [-0.39, 0.29) is 5.78 Å². The second kappa shape index (κ2) is 10.9. The van der Waals surface area contributed by atoms with Crippen LogP contribution in [0.3, 0.4) is 0 Å². The first-order valence-corrected chi connectivity index (χ1v) is 10.7. The van der Waals surface area contributed by atoms with Crippen molar-refractivity contribution in [2.45, 2.75) is 20.4 Å². The van der Waals surface area contributed by atoms with E-state index < -0.39 is 6.09 Å². The summed E-state index contributed by atoms with van der Waals surface area (Å²) in [7, 11) is 0. The van der Waals surface area contributed by atoms with Crippen LogP contribution in [0.5, 0.6) is 5.75 Å². The molecule has 3 rings (SSSR count). The van der Waals surface area contributed by atoms with Crippen LogP contribution in [0.15, 0.2) is 54.6 Å². The lowest BCUT2D eigenvalue weighted by Crippen LogP contribution is -2.47. The van der Waals surface area contributed by atoms with Crippen molar-refractivity contribution in [2.24, 2.45) is 0 Å². The van der Waals surface area contributed by atoms with Gasteiger partial charge in [0.05, 0.1) is 12.1 Å². The topological polar surface area (TPSA) is 53.1 Å². The number of piperazine rings is 1. The number of ketones is 1. The molecule has 0 aromatic heterocycles. The Hall–Kier alpha value is -2.70. The minimum absolute atomic E-state index is 0.0190. The summed E-state index contributed by atoms with van der Waals surface area (Å²) in [6, 6.07) is 17.5. The molecular weight excluding hydrogens is 378 g/mol. The van der Waals surface area contributed by atoms with E-state index in [2.05, 4.69) is 34.1 Å². The molecule has 1 aliphatic rings. The summed E-state index contributed by atoms with van der Waals surface area (Å²) in [5.41, 5.74) is 1.77. The van der Waals surface area contributed by atoms with Crippen LogP contribution in [0.2, 0.25) is 0 Å². The van der Waals surface area contributed by atoms with Gasteiger partial charge in [-0.25, -0.2) is 4.79 Å². The number of hydrogen-bond donors (Lipinski definition) is 0. The Morgan fingerprint density at radius 1 is 0.867 bits per heavy atom. The minimum atomic E-state index is -0.422. The second-order valence-electron chi connectivity index (χ2n) is 7.50. The highest BCUT2D eigenvalue weighted by atomic mass is 16.6. The number of rotatable bonds is 8. The molecule has 1 amide bonds. The Kier molecular flexibility index (Phi) is 7.99. The van der Waals surface area contributed by atoms with Crippen molar-refractivity contribution in [1.82, 2.24) is 14.7 Å². The van der Waals surface area contributed by atoms with Gasteiger partial charge in [-0.15, -0.1) is 0 Å². The molecule has 1 heterocycles. The fourth-order valence-corrected chi connectivity index (χ4v) is 3.66. The lowest BCUT2D eigenvalue weighted by Gasteiger charge is -2.34. The van der Waals surface area contributed by atoms with Crippen LogP contribution in [0, 0.1) is 0 Å². The molecule has 0 bridgehead atoms. The van der Waals surface area contributed by atoms with Gasteiger partial charge in [0, 0.05) is 45.8 Å². The van der Waals surface area contributed by atoms with Gasteiger partial charge < -0.3 is 9.64 Å². The van der Waals surface area contributed by atoms with Gasteiger partial charge in [-0.3, -0.25) is 14.6 Å². The zero-order valence-corrected chi connectivity index (χ0v) is 17.9. The molecule has 1 fully saturated rings. The van der Waals surface area contributed by atoms with Gasteiger partial charge in [-0.1, -0.05) is 42.5 Å². The van der Waals surface area contributed by atoms with Gasteiger partial charge in [-0.05, 0) is 31.5 Å². The summed E-state index contributed by atoms with van der Waals surface area (Å²) in [4.78, 5) is 31.4. The summed E-state index contributed by atoms with van der Waals surface area (Å²) >= 11 is 0. The van der Waals surface area contributed by atoms with Crippen LogP contribution in [0.25, 0.3) is 0 Å². The summed E-state index contributed by atoms with van der Waals surface area (Å²) in [5.74, 6) is 0.316. The fraction of sp³-hybridized carbons (Fsp3) is 0.417. The third-order valence-electron chi connectivity index (χ3n) is 5.49. The van der Waals surface area contributed by atoms with Crippen molar-refractivity contribution in [3.8, 4) is 5.75 Å². The number of amides is 1. The second-order valence-corrected chi connectivity index (χ2v) is 7.50. The molecule has 2 aromatic carbocycles. The van der Waals surface area contributed by atoms with Crippen molar-refractivity contribution < 1.29 is 14.3 Å². The molecule has 0 saturated carbocycles. The molecule has 30 heavy (non-hydrogen) atoms. The van der Waals surface area contributed by atoms with Crippen molar-refractivity contribution >= 4 is 11.9 Å². The van der Waals surface area contributed by atoms with Gasteiger partial charge in [0.2, 0.25) is 0 Å². The number of carbonyl (C=O) groups is 2. The van der Waals surface area contributed by atoms with Gasteiger partial charge in [0.25, 0.3) is 0 Å². The first kappa shape index (κ1) is 22.0. The number of benzene rings is 2. The summed E-state index contributed by atoms with van der Waals surface area (Å²) in [6.45, 7) is 9.77. The lowest BCUT2D eigenvalue weighted by molar-refractivity contribution is 0.0841. The Morgan fingerprint density at radius 3 is 2.13 bits per heavy atom. The Bertz CT molecular complexity index is 829. The zero-order valence-electron chi connectivity index (χ0n) is 17.9. The minimum Gasteiger partial charge on any atom is -0.409 e. The highest BCUT2D eigenvalue weighted by Crippen LogP contribution is 2.20. The SMILES string of the molecule is CCN(CC)C(=O)Oc1ccccc1C(=O)CN1CCN(Cc2ccccc2)CC1. The highest BCUT2D eigenvalue weighted by molar-refractivity contribution is 6.00. The van der Waals surface area contributed by atoms with E-state index >= 15 is 0 Å². The molecule has 0 unspecified atom stereocenters. The van der Waals surface area contributed by atoms with E-state index in [4.69, 9.17) is 4.74 Å². The van der Waals surface area contributed by atoms with Crippen LogP contribution < -0.4 is 4.74 Å². The van der Waals surface area contributed by atoms with Gasteiger partial charge in [0.1, 0.15) is 5.75 Å². The first-order valence-electron chi connectivity index (χ1n) is 10.7. The van der Waals surface area contributed by atoms with E-state index in [0.717, 1.165) is 32.7 Å². The molecule has 2 aromatic rings. The summed E-state index contributed by atoms with van der Waals surface area (Å²) in [5, 5.41) is 0. The number of hydrogen-bond acceptors (Lipinski definition) is 5. The molecule has 0 aliphatic carbocycles. The molecule has 0 N–H and O–H groups in total. The monoisotopic (exact) mass is 409 g/mol. The quantitative estimate of drug-likeness (QED) is 0.625. The van der Waals surface area contributed by atoms with Crippen molar-refractivity contribution in [2.75, 3.05) is 45.8 Å². The predicted octanol–water partition coefficient (Wildman–Crippen LogP) is 3.53. The number of carbonyl (C=O) groups excluding carboxylic acids is 2. The average molecular weight is 410 g/mol. The molecule has 6 nitrogen and oxygen atoms in total. The van der Waals surface area contributed by atoms with Crippen molar-refractivity contribution in [3.63, 3.8) is 0 Å². The van der Waals surface area contributed by atoms with Gasteiger partial charge >= 0.3 is 6.09 Å². The average Bonchev–Trinajstić information content (AvgIpc) is 2.77. The van der Waals surface area contributed by atoms with Crippen LogP contribution in [0.4, 0.5) is 4.79 Å². The maximum absolute atomic E-state index is 12.9. The third kappa shape index (κ3) is 5.90. The van der Waals surface area contributed by atoms with E-state index in [1.165, 1.54) is 5.56 Å². The predicted molar refractivity (Wildman–Crippen MR) is 118 cm³/mol. The molecule has 1 aliphatic heterocycles. The standard InChI is InChI=1S/C24H31N3O3/c1-3-27(4-2)24(29)30-23-13-9-8-12-21(23)22(28)19-26-16-14-25(15-17-26)18-20-10-6-5-7-11-20/h5-13H,3-4,14-19H2,1-2H3. The normalized spacial score (nSPS) is 15.0. The van der Waals surface area contributed by atoms with Crippen LogP contribution >= 0.6 is 0 Å². The van der Waals surface area contributed by atoms with Gasteiger partial charge in [0.15, 0.2) is 5.78 Å². The highest BCUT2D eigenvalue weighted by Gasteiger charge is 2.22. The molecule has 0 radical (unpaired) electrons. The van der Waals surface area contributed by atoms with Crippen molar-refractivity contribution in [3.05, 3.63) is 65.7 Å². The van der Waals surface area contributed by atoms with Gasteiger partial charge in [-0.2, -0.15) is 0 Å². The maximum Gasteiger partial charge on any atom is 0.415 e. The smallest absolute Gasteiger partial charge is 0.409 e. The fourth-order valence-electron chi connectivity index (χ4n) is 3.66. The Labute approximate surface area is 179 Å². The summed E-state index contributed by atoms with van der Waals surface area (Å²) in [6.07, 6.45) is -0.422. The molecule has 160 valence electrons. The van der Waals surface area contributed by atoms with Crippen LogP contribution in [0.1, 0.15) is 29.8 Å². The van der Waals surface area contributed by atoms with Crippen molar-refractivity contribution in [1.29, 1.82) is 0 Å². The van der Waals surface area contributed by atoms with E-state index in [1.54, 1.807) is 29.2 Å². The zero-order chi connectivity index (χ0) is 21.3. The van der Waals surface area contributed by atoms with Crippen LogP contribution in [-0.2, 0) is 6.54 Å². The largest absolute Gasteiger partial charge is 0.415 e. The lowest BCUT2D eigenvalue weighted by atomic mass is 10.1. The Morgan fingerprint density at radius 2 is 1.47 bits per heavy atom. The van der Waals surface area contributed by atoms with E-state index in [0.29, 0.717) is 30.9 Å². The maximum atomic E-state index is 12.9. The molecule has 1 saturated heterocycles. The van der Waals surface area contributed by atoms with Crippen LogP contribution in [-0.4, -0.2) is 72.4 Å². The molecule has 0 spiro atoms. The number of nitrogens with zero attached hydrogens (tertiary/aromatic N) is 3. The number of ether oxygens (including phenoxy) is 1. The number of para-hydroxylation sites is 1. The molecular formula is C24H31N3O3. The van der Waals surface area contributed by atoms with E-state index in [9.17, 15) is 9.59 Å². The molecule has 6 heteroatoms. The number of Topliss-reactive ketones (excluding diaryl/α,β-unsaturated/α-hetero) is 1. The molecule has 0 atom stereocenters. The Balaban J connectivity index is 1.55. The van der Waals surface area contributed by atoms with E-state index in [1.807, 2.05) is 19.9 Å². The first-order chi connectivity index (χ1) is 14.6. The summed E-state index contributed by atoms with van der Waals surface area (Å²) < 4.78 is 5.52.